The first-order valence-corrected chi connectivity index (χ1v) is 13.1. The Labute approximate surface area is 224 Å². The second kappa shape index (κ2) is 15.7. The van der Waals surface area contributed by atoms with Gasteiger partial charge in [0.05, 0.1) is 6.42 Å². The SMILES string of the molecule is C/C=C(CC(/C(=C\CC)NC1=C(CC(F)(F)F)CC(C)=C1)=C(/C)C(C)N(CCC)NC=O)\C(F)=C(\F)CC. The smallest absolute Gasteiger partial charge is 0.356 e. The van der Waals surface area contributed by atoms with Crippen molar-refractivity contribution < 1.29 is 26.7 Å². The van der Waals surface area contributed by atoms with E-state index in [2.05, 4.69) is 10.7 Å². The van der Waals surface area contributed by atoms with Gasteiger partial charge >= 0.3 is 6.18 Å². The first-order chi connectivity index (χ1) is 17.8. The summed E-state index contributed by atoms with van der Waals surface area (Å²) in [7, 11) is 0. The summed E-state index contributed by atoms with van der Waals surface area (Å²) in [6, 6.07) is -0.331. The van der Waals surface area contributed by atoms with Gasteiger partial charge in [-0.25, -0.2) is 13.8 Å². The number of carbonyl (C=O) groups is 1. The van der Waals surface area contributed by atoms with Crippen molar-refractivity contribution in [3.8, 4) is 0 Å². The molecule has 0 spiro atoms. The Morgan fingerprint density at radius 2 is 1.87 bits per heavy atom. The minimum Gasteiger partial charge on any atom is -0.356 e. The number of nitrogens with one attached hydrogen (secondary N) is 2. The molecule has 0 saturated carbocycles. The van der Waals surface area contributed by atoms with Gasteiger partial charge in [-0.15, -0.1) is 0 Å². The van der Waals surface area contributed by atoms with E-state index in [9.17, 15) is 22.4 Å². The summed E-state index contributed by atoms with van der Waals surface area (Å²) >= 11 is 0. The molecule has 1 unspecified atom stereocenters. The minimum absolute atomic E-state index is 0.0103. The molecule has 0 saturated heterocycles. The Bertz CT molecular complexity index is 1020. The molecule has 0 bridgehead atoms. The van der Waals surface area contributed by atoms with Crippen LogP contribution in [-0.4, -0.2) is 30.2 Å². The van der Waals surface area contributed by atoms with Crippen LogP contribution in [0.3, 0.4) is 0 Å². The Balaban J connectivity index is 3.75. The van der Waals surface area contributed by atoms with E-state index in [1.165, 1.54) is 13.0 Å². The third kappa shape index (κ3) is 9.89. The average molecular weight is 544 g/mol. The zero-order valence-corrected chi connectivity index (χ0v) is 23.6. The van der Waals surface area contributed by atoms with Crippen LogP contribution in [0.4, 0.5) is 22.0 Å². The number of hydrazine groups is 1. The molecule has 214 valence electrons. The maximum Gasteiger partial charge on any atom is 0.392 e. The molecule has 1 amide bonds. The van der Waals surface area contributed by atoms with Crippen molar-refractivity contribution in [1.29, 1.82) is 0 Å². The van der Waals surface area contributed by atoms with Gasteiger partial charge in [0, 0.05) is 30.4 Å². The third-order valence-corrected chi connectivity index (χ3v) is 6.48. The molecule has 0 heterocycles. The summed E-state index contributed by atoms with van der Waals surface area (Å²) < 4.78 is 69.2. The molecule has 1 aliphatic rings. The van der Waals surface area contributed by atoms with Gasteiger partial charge in [0.2, 0.25) is 6.41 Å². The second-order valence-corrected chi connectivity index (χ2v) is 9.47. The normalized spacial score (nSPS) is 17.3. The first kappa shape index (κ1) is 33.3. The maximum atomic E-state index is 15.0. The van der Waals surface area contributed by atoms with Crippen LogP contribution in [0.15, 0.2) is 69.1 Å². The Morgan fingerprint density at radius 3 is 2.37 bits per heavy atom. The second-order valence-electron chi connectivity index (χ2n) is 9.47. The fourth-order valence-corrected chi connectivity index (χ4v) is 4.39. The summed E-state index contributed by atoms with van der Waals surface area (Å²) in [4.78, 5) is 11.3. The molecule has 1 atom stereocenters. The highest BCUT2D eigenvalue weighted by molar-refractivity contribution is 5.48. The number of carbonyl (C=O) groups excluding carboxylic acids is 1. The number of allylic oxidation sites excluding steroid dienone is 9. The van der Waals surface area contributed by atoms with Crippen molar-refractivity contribution in [2.45, 2.75) is 99.2 Å². The molecule has 0 aliphatic heterocycles. The minimum atomic E-state index is -4.36. The van der Waals surface area contributed by atoms with Crippen molar-refractivity contribution in [2.24, 2.45) is 0 Å². The van der Waals surface area contributed by atoms with E-state index in [0.29, 0.717) is 36.3 Å². The van der Waals surface area contributed by atoms with Crippen molar-refractivity contribution in [3.63, 3.8) is 0 Å². The number of alkyl halides is 3. The number of rotatable bonds is 15. The number of hydrogen-bond donors (Lipinski definition) is 2. The predicted octanol–water partition coefficient (Wildman–Crippen LogP) is 8.40. The summed E-state index contributed by atoms with van der Waals surface area (Å²) in [5.41, 5.74) is 6.15. The number of hydrogen-bond acceptors (Lipinski definition) is 3. The fourth-order valence-electron chi connectivity index (χ4n) is 4.39. The van der Waals surface area contributed by atoms with E-state index < -0.39 is 24.3 Å². The van der Waals surface area contributed by atoms with Crippen LogP contribution in [0.5, 0.6) is 0 Å². The summed E-state index contributed by atoms with van der Waals surface area (Å²) in [6.07, 6.45) is 1.66. The van der Waals surface area contributed by atoms with E-state index in [1.807, 2.05) is 33.8 Å². The number of amides is 1. The van der Waals surface area contributed by atoms with E-state index in [4.69, 9.17) is 0 Å². The standard InChI is InChI=1S/C29H42F5N3O/c1-8-12-26(36-27-15-19(5)14-23(27)17-29(32,33)34)24(16-22(10-3)28(31)25(30)11-4)20(6)21(7)37(13-9-2)35-18-38/h10,12,15,18,21,36H,8-9,11,13-14,16-17H2,1-7H3,(H,35,38)/b22-10-,24-20+,26-12+,28-25-. The molecular weight excluding hydrogens is 501 g/mol. The lowest BCUT2D eigenvalue weighted by Crippen LogP contribution is -2.45. The summed E-state index contributed by atoms with van der Waals surface area (Å²) in [6.45, 7) is 13.0. The van der Waals surface area contributed by atoms with E-state index in [1.54, 1.807) is 24.9 Å². The topological polar surface area (TPSA) is 44.4 Å². The van der Waals surface area contributed by atoms with Gasteiger partial charge in [0.1, 0.15) is 5.83 Å². The highest BCUT2D eigenvalue weighted by Gasteiger charge is 2.32. The van der Waals surface area contributed by atoms with Gasteiger partial charge < -0.3 is 5.32 Å². The van der Waals surface area contributed by atoms with Crippen molar-refractivity contribution in [1.82, 2.24) is 15.8 Å². The van der Waals surface area contributed by atoms with Gasteiger partial charge in [-0.3, -0.25) is 10.2 Å². The molecular formula is C29H42F5N3O. The van der Waals surface area contributed by atoms with Crippen LogP contribution < -0.4 is 10.7 Å². The first-order valence-electron chi connectivity index (χ1n) is 13.1. The number of halogens is 5. The highest BCUT2D eigenvalue weighted by Crippen LogP contribution is 2.36. The summed E-state index contributed by atoms with van der Waals surface area (Å²) in [5, 5.41) is 4.95. The lowest BCUT2D eigenvalue weighted by molar-refractivity contribution is -0.127. The Kier molecular flexibility index (Phi) is 13.7. The third-order valence-electron chi connectivity index (χ3n) is 6.48. The quantitative estimate of drug-likeness (QED) is 0.0943. The molecule has 9 heteroatoms. The van der Waals surface area contributed by atoms with Crippen molar-refractivity contribution in [2.75, 3.05) is 6.54 Å². The molecule has 1 aliphatic carbocycles. The van der Waals surface area contributed by atoms with Gasteiger partial charge in [0.15, 0.2) is 5.83 Å². The molecule has 0 aromatic carbocycles. The average Bonchev–Trinajstić information content (AvgIpc) is 3.19. The van der Waals surface area contributed by atoms with Gasteiger partial charge in [-0.2, -0.15) is 13.2 Å². The van der Waals surface area contributed by atoms with Crippen LogP contribution >= 0.6 is 0 Å². The maximum absolute atomic E-state index is 15.0. The zero-order chi connectivity index (χ0) is 29.0. The highest BCUT2D eigenvalue weighted by atomic mass is 19.4. The zero-order valence-electron chi connectivity index (χ0n) is 23.6. The lowest BCUT2D eigenvalue weighted by atomic mass is 9.92. The van der Waals surface area contributed by atoms with Gasteiger partial charge in [0.25, 0.3) is 0 Å². The van der Waals surface area contributed by atoms with Crippen LogP contribution in [0, 0.1) is 0 Å². The van der Waals surface area contributed by atoms with Crippen molar-refractivity contribution in [3.05, 3.63) is 69.1 Å². The molecule has 1 rings (SSSR count). The molecule has 0 fully saturated rings. The van der Waals surface area contributed by atoms with Crippen LogP contribution in [-0.2, 0) is 4.79 Å². The van der Waals surface area contributed by atoms with Crippen LogP contribution in [0.2, 0.25) is 0 Å². The monoisotopic (exact) mass is 543 g/mol. The summed E-state index contributed by atoms with van der Waals surface area (Å²) in [5.74, 6) is -1.80. The molecule has 2 N–H and O–H groups in total. The molecule has 38 heavy (non-hydrogen) atoms. The molecule has 0 aromatic heterocycles. The van der Waals surface area contributed by atoms with E-state index >= 15 is 4.39 Å². The van der Waals surface area contributed by atoms with Crippen LogP contribution in [0.1, 0.15) is 87.0 Å². The van der Waals surface area contributed by atoms with Gasteiger partial charge in [-0.1, -0.05) is 38.5 Å². The van der Waals surface area contributed by atoms with Crippen molar-refractivity contribution >= 4 is 6.41 Å². The molecule has 0 radical (unpaired) electrons. The number of nitrogens with zero attached hydrogens (tertiary/aromatic N) is 1. The van der Waals surface area contributed by atoms with E-state index in [-0.39, 0.29) is 36.5 Å². The Hall–Kier alpha value is -2.68. The van der Waals surface area contributed by atoms with E-state index in [0.717, 1.165) is 17.6 Å². The lowest BCUT2D eigenvalue weighted by Gasteiger charge is -2.31. The predicted molar refractivity (Wildman–Crippen MR) is 144 cm³/mol. The molecule has 4 nitrogen and oxygen atoms in total. The molecule has 0 aromatic rings. The Morgan fingerprint density at radius 1 is 1.21 bits per heavy atom. The van der Waals surface area contributed by atoms with Crippen LogP contribution in [0.25, 0.3) is 0 Å². The fraction of sp³-hybridized carbons (Fsp3) is 0.552. The van der Waals surface area contributed by atoms with Gasteiger partial charge in [-0.05, 0) is 81.7 Å². The largest absolute Gasteiger partial charge is 0.392 e.